The van der Waals surface area contributed by atoms with Gasteiger partial charge in [-0.2, -0.15) is 4.31 Å². The molecule has 1 fully saturated rings. The first-order chi connectivity index (χ1) is 15.8. The number of carbonyl (C=O) groups excluding carboxylic acids is 2. The van der Waals surface area contributed by atoms with Crippen molar-refractivity contribution in [2.75, 3.05) is 18.4 Å². The molecule has 0 radical (unpaired) electrons. The van der Waals surface area contributed by atoms with Crippen molar-refractivity contribution in [1.29, 1.82) is 0 Å². The zero-order valence-corrected chi connectivity index (χ0v) is 20.1. The van der Waals surface area contributed by atoms with E-state index in [-0.39, 0.29) is 10.7 Å². The minimum absolute atomic E-state index is 0.131. The van der Waals surface area contributed by atoms with E-state index in [1.807, 2.05) is 30.3 Å². The summed E-state index contributed by atoms with van der Waals surface area (Å²) in [6.45, 7) is 4.54. The topological polar surface area (TPSA) is 96.4 Å². The van der Waals surface area contributed by atoms with Gasteiger partial charge in [0, 0.05) is 31.1 Å². The number of thiazole rings is 1. The van der Waals surface area contributed by atoms with E-state index in [1.165, 1.54) is 35.5 Å². The molecule has 1 N–H and O–H groups in total. The van der Waals surface area contributed by atoms with E-state index in [0.29, 0.717) is 40.3 Å². The lowest BCUT2D eigenvalue weighted by molar-refractivity contribution is 0.101. The van der Waals surface area contributed by atoms with Crippen LogP contribution in [0.4, 0.5) is 5.13 Å². The van der Waals surface area contributed by atoms with Crippen molar-refractivity contribution in [2.24, 2.45) is 5.92 Å². The molecule has 4 rings (SSSR count). The largest absolute Gasteiger partial charge is 0.298 e. The van der Waals surface area contributed by atoms with E-state index in [1.54, 1.807) is 0 Å². The Morgan fingerprint density at radius 2 is 1.79 bits per heavy atom. The number of aromatic nitrogens is 1. The van der Waals surface area contributed by atoms with Crippen LogP contribution in [0, 0.1) is 5.92 Å². The Labute approximate surface area is 197 Å². The van der Waals surface area contributed by atoms with Crippen LogP contribution in [-0.4, -0.2) is 42.5 Å². The molecule has 0 spiro atoms. The van der Waals surface area contributed by atoms with Crippen molar-refractivity contribution in [2.45, 2.75) is 31.6 Å². The minimum atomic E-state index is -3.58. The fourth-order valence-corrected chi connectivity index (χ4v) is 6.34. The Bertz CT molecular complexity index is 1270. The molecule has 1 aliphatic heterocycles. The number of piperidine rings is 1. The summed E-state index contributed by atoms with van der Waals surface area (Å²) in [6, 6.07) is 15.2. The summed E-state index contributed by atoms with van der Waals surface area (Å²) >= 11 is 1.12. The van der Waals surface area contributed by atoms with E-state index in [2.05, 4.69) is 17.2 Å². The highest BCUT2D eigenvalue weighted by Crippen LogP contribution is 2.32. The molecule has 1 atom stereocenters. The molecule has 1 unspecified atom stereocenters. The monoisotopic (exact) mass is 483 g/mol. The maximum atomic E-state index is 12.9. The second-order valence-corrected chi connectivity index (χ2v) is 11.1. The molecule has 0 aliphatic carbocycles. The third-order valence-electron chi connectivity index (χ3n) is 5.59. The van der Waals surface area contributed by atoms with Crippen LogP contribution in [0.5, 0.6) is 0 Å². The number of carbonyl (C=O) groups is 2. The van der Waals surface area contributed by atoms with E-state index in [0.717, 1.165) is 29.7 Å². The van der Waals surface area contributed by atoms with Gasteiger partial charge in [-0.1, -0.05) is 48.6 Å². The van der Waals surface area contributed by atoms with Crippen LogP contribution >= 0.6 is 11.3 Å². The highest BCUT2D eigenvalue weighted by molar-refractivity contribution is 7.89. The van der Waals surface area contributed by atoms with Gasteiger partial charge in [-0.25, -0.2) is 13.4 Å². The van der Waals surface area contributed by atoms with Gasteiger partial charge in [-0.3, -0.25) is 14.9 Å². The summed E-state index contributed by atoms with van der Waals surface area (Å²) in [7, 11) is -3.58. The Kier molecular flexibility index (Phi) is 6.73. The van der Waals surface area contributed by atoms with Crippen LogP contribution < -0.4 is 5.32 Å². The molecular weight excluding hydrogens is 458 g/mol. The van der Waals surface area contributed by atoms with Gasteiger partial charge in [0.15, 0.2) is 10.9 Å². The van der Waals surface area contributed by atoms with E-state index in [4.69, 9.17) is 0 Å². The molecule has 2 aromatic carbocycles. The average molecular weight is 484 g/mol. The highest BCUT2D eigenvalue weighted by atomic mass is 32.2. The lowest BCUT2D eigenvalue weighted by Crippen LogP contribution is -2.39. The summed E-state index contributed by atoms with van der Waals surface area (Å²) in [4.78, 5) is 29.9. The maximum Gasteiger partial charge on any atom is 0.257 e. The van der Waals surface area contributed by atoms with E-state index >= 15 is 0 Å². The third-order valence-corrected chi connectivity index (χ3v) is 8.54. The molecular formula is C24H25N3O4S2. The smallest absolute Gasteiger partial charge is 0.257 e. The first-order valence-electron chi connectivity index (χ1n) is 10.7. The van der Waals surface area contributed by atoms with Gasteiger partial charge < -0.3 is 0 Å². The van der Waals surface area contributed by atoms with Crippen molar-refractivity contribution in [1.82, 2.24) is 9.29 Å². The summed E-state index contributed by atoms with van der Waals surface area (Å²) in [5.74, 6) is -0.222. The summed E-state index contributed by atoms with van der Waals surface area (Å²) in [5, 5.41) is 3.04. The van der Waals surface area contributed by atoms with Gasteiger partial charge in [0.25, 0.3) is 5.91 Å². The molecule has 33 heavy (non-hydrogen) atoms. The van der Waals surface area contributed by atoms with Crippen LogP contribution in [0.2, 0.25) is 0 Å². The molecule has 9 heteroatoms. The molecule has 1 aromatic heterocycles. The maximum absolute atomic E-state index is 12.9. The molecule has 1 aliphatic rings. The molecule has 7 nitrogen and oxygen atoms in total. The summed E-state index contributed by atoms with van der Waals surface area (Å²) < 4.78 is 27.4. The number of anilines is 1. The van der Waals surface area contributed by atoms with E-state index < -0.39 is 15.9 Å². The minimum Gasteiger partial charge on any atom is -0.298 e. The van der Waals surface area contributed by atoms with Gasteiger partial charge in [0.2, 0.25) is 10.0 Å². The number of benzene rings is 2. The lowest BCUT2D eigenvalue weighted by atomic mass is 10.0. The van der Waals surface area contributed by atoms with Crippen molar-refractivity contribution >= 4 is 38.2 Å². The Morgan fingerprint density at radius 3 is 2.42 bits per heavy atom. The average Bonchev–Trinajstić information content (AvgIpc) is 3.24. The molecule has 3 aromatic rings. The van der Waals surface area contributed by atoms with Crippen molar-refractivity contribution in [3.63, 3.8) is 0 Å². The van der Waals surface area contributed by atoms with Crippen molar-refractivity contribution < 1.29 is 18.0 Å². The van der Waals surface area contributed by atoms with Crippen LogP contribution in [0.25, 0.3) is 11.3 Å². The Morgan fingerprint density at radius 1 is 1.09 bits per heavy atom. The fraction of sp³-hybridized carbons (Fsp3) is 0.292. The van der Waals surface area contributed by atoms with Crippen LogP contribution in [0.3, 0.4) is 0 Å². The summed E-state index contributed by atoms with van der Waals surface area (Å²) in [6.07, 6.45) is 1.88. The lowest BCUT2D eigenvalue weighted by Gasteiger charge is -2.30. The van der Waals surface area contributed by atoms with Gasteiger partial charge in [0.05, 0.1) is 15.5 Å². The number of rotatable bonds is 6. The number of hydrogen-bond donors (Lipinski definition) is 1. The fourth-order valence-electron chi connectivity index (χ4n) is 3.87. The van der Waals surface area contributed by atoms with Gasteiger partial charge >= 0.3 is 0 Å². The number of nitrogens with zero attached hydrogens (tertiary/aromatic N) is 2. The van der Waals surface area contributed by atoms with E-state index in [9.17, 15) is 18.0 Å². The molecule has 1 amide bonds. The van der Waals surface area contributed by atoms with Crippen LogP contribution in [0.1, 0.15) is 46.7 Å². The summed E-state index contributed by atoms with van der Waals surface area (Å²) in [5.41, 5.74) is 1.63. The molecule has 0 saturated carbocycles. The van der Waals surface area contributed by atoms with Gasteiger partial charge in [0.1, 0.15) is 0 Å². The molecule has 1 saturated heterocycles. The number of ketones is 1. The van der Waals surface area contributed by atoms with Crippen molar-refractivity contribution in [3.05, 3.63) is 65.0 Å². The zero-order chi connectivity index (χ0) is 23.6. The quantitative estimate of drug-likeness (QED) is 0.513. The van der Waals surface area contributed by atoms with Crippen LogP contribution in [-0.2, 0) is 10.0 Å². The zero-order valence-electron chi connectivity index (χ0n) is 18.4. The molecule has 0 bridgehead atoms. The first-order valence-corrected chi connectivity index (χ1v) is 13.0. The molecule has 2 heterocycles. The Balaban J connectivity index is 1.52. The molecule has 172 valence electrons. The number of sulfonamides is 1. The second kappa shape index (κ2) is 9.54. The van der Waals surface area contributed by atoms with Gasteiger partial charge in [-0.05, 0) is 43.0 Å². The van der Waals surface area contributed by atoms with Gasteiger partial charge in [-0.15, -0.1) is 0 Å². The SMILES string of the molecule is CC(=O)c1sc(NC(=O)c2ccc(S(=O)(=O)N3CCCC(C)C3)cc2)nc1-c1ccccc1. The second-order valence-electron chi connectivity index (χ2n) is 8.21. The van der Waals surface area contributed by atoms with Crippen LogP contribution in [0.15, 0.2) is 59.5 Å². The predicted octanol–water partition coefficient (Wildman–Crippen LogP) is 4.69. The highest BCUT2D eigenvalue weighted by Gasteiger charge is 2.28. The predicted molar refractivity (Wildman–Crippen MR) is 129 cm³/mol. The number of Topliss-reactive ketones (excluding diaryl/α,β-unsaturated/α-hetero) is 1. The number of amides is 1. The normalized spacial score (nSPS) is 17.0. The third kappa shape index (κ3) is 5.05. The first kappa shape index (κ1) is 23.3. The number of hydrogen-bond acceptors (Lipinski definition) is 6. The standard InChI is InChI=1S/C24H25N3O4S2/c1-16-7-6-14-27(15-16)33(30,31)20-12-10-19(11-13-20)23(29)26-24-25-21(22(32-24)17(2)28)18-8-4-3-5-9-18/h3-5,8-13,16H,6-7,14-15H2,1-2H3,(H,25,26,29). The van der Waals surface area contributed by atoms with Crippen molar-refractivity contribution in [3.8, 4) is 11.3 Å². The number of nitrogens with one attached hydrogen (secondary N) is 1. The Hall–Kier alpha value is -2.88.